The van der Waals surface area contributed by atoms with E-state index in [1.807, 2.05) is 0 Å². The van der Waals surface area contributed by atoms with E-state index in [2.05, 4.69) is 0 Å². The van der Waals surface area contributed by atoms with Crippen molar-refractivity contribution in [2.75, 3.05) is 0 Å². The summed E-state index contributed by atoms with van der Waals surface area (Å²) >= 11 is 0. The van der Waals surface area contributed by atoms with Crippen molar-refractivity contribution in [3.05, 3.63) is 104 Å². The Morgan fingerprint density at radius 1 is 0.257 bits per heavy atom. The first-order valence-electron chi connectivity index (χ1n) is 8.37. The molecule has 0 heterocycles. The monoisotopic (exact) mass is 524 g/mol. The molecular weight excluding hydrogens is 524 g/mol. The van der Waals surface area contributed by atoms with E-state index in [9.17, 15) is 65.9 Å². The Morgan fingerprint density at radius 3 is 0.514 bits per heavy atom. The molecular formula is C19BF15. The third-order valence-corrected chi connectivity index (χ3v) is 4.81. The van der Waals surface area contributed by atoms with Gasteiger partial charge in [-0.05, 0) is 0 Å². The minimum atomic E-state index is -4.95. The summed E-state index contributed by atoms with van der Waals surface area (Å²) in [5, 5.41) is -4.95. The maximum atomic E-state index is 14.5. The quantitative estimate of drug-likeness (QED) is 0.125. The van der Waals surface area contributed by atoms with E-state index in [4.69, 9.17) is 7.85 Å². The summed E-state index contributed by atoms with van der Waals surface area (Å²) < 4.78 is 210. The molecule has 0 amide bonds. The zero-order valence-electron chi connectivity index (χ0n) is 15.7. The third-order valence-electron chi connectivity index (χ3n) is 4.81. The molecule has 0 N–H and O–H groups in total. The number of rotatable bonds is 3. The van der Waals surface area contributed by atoms with E-state index < -0.39 is 109 Å². The van der Waals surface area contributed by atoms with Gasteiger partial charge >= 0.3 is 0 Å². The minimum Gasteiger partial charge on any atom is -0.203 e. The first-order chi connectivity index (χ1) is 16.0. The van der Waals surface area contributed by atoms with Crippen LogP contribution in [-0.2, 0) is 5.31 Å². The number of hydrogen-bond acceptors (Lipinski definition) is 0. The Balaban J connectivity index is 2.78. The van der Waals surface area contributed by atoms with Crippen molar-refractivity contribution < 1.29 is 65.9 Å². The fourth-order valence-corrected chi connectivity index (χ4v) is 3.23. The minimum absolute atomic E-state index is 2.92. The smallest absolute Gasteiger partial charge is 0.200 e. The Bertz CT molecular complexity index is 1160. The molecule has 3 aromatic carbocycles. The standard InChI is InChI=1S/C19BF15/c20-19(1-4(21)10(27)16(33)11(28)5(1)22,2-6(23)12(29)17(34)13(30)7(2)24)3-8(25)14(31)18(35)15(32)9(3)26. The molecule has 35 heavy (non-hydrogen) atoms. The lowest BCUT2D eigenvalue weighted by molar-refractivity contribution is 0.340. The molecule has 0 unspecified atom stereocenters. The zero-order chi connectivity index (χ0) is 26.9. The molecule has 2 radical (unpaired) electrons. The van der Waals surface area contributed by atoms with Gasteiger partial charge in [-0.25, -0.2) is 65.9 Å². The predicted octanol–water partition coefficient (Wildman–Crippen LogP) is 6.23. The Morgan fingerprint density at radius 2 is 0.371 bits per heavy atom. The molecule has 0 saturated carbocycles. The van der Waals surface area contributed by atoms with Crippen molar-refractivity contribution in [3.8, 4) is 0 Å². The lowest BCUT2D eigenvalue weighted by Gasteiger charge is -2.34. The van der Waals surface area contributed by atoms with E-state index in [0.29, 0.717) is 0 Å². The molecule has 0 fully saturated rings. The SMILES string of the molecule is [B]C(c1c(F)c(F)c(F)c(F)c1F)(c1c(F)c(F)c(F)c(F)c1F)c1c(F)c(F)c(F)c(F)c1F. The highest BCUT2D eigenvalue weighted by Gasteiger charge is 2.50. The molecule has 0 spiro atoms. The number of benzene rings is 3. The highest BCUT2D eigenvalue weighted by atomic mass is 19.2. The fourth-order valence-electron chi connectivity index (χ4n) is 3.23. The van der Waals surface area contributed by atoms with Crippen LogP contribution < -0.4 is 0 Å². The first-order valence-corrected chi connectivity index (χ1v) is 8.37. The molecule has 0 aliphatic rings. The second-order valence-electron chi connectivity index (χ2n) is 6.64. The van der Waals surface area contributed by atoms with Gasteiger partial charge in [0, 0.05) is 22.0 Å². The van der Waals surface area contributed by atoms with Crippen LogP contribution in [0.3, 0.4) is 0 Å². The van der Waals surface area contributed by atoms with Gasteiger partial charge in [-0.15, -0.1) is 0 Å². The van der Waals surface area contributed by atoms with Gasteiger partial charge < -0.3 is 0 Å². The molecule has 0 aliphatic carbocycles. The van der Waals surface area contributed by atoms with E-state index in [0.717, 1.165) is 0 Å². The van der Waals surface area contributed by atoms with Gasteiger partial charge in [0.15, 0.2) is 69.8 Å². The molecule has 184 valence electrons. The highest BCUT2D eigenvalue weighted by molar-refractivity contribution is 6.21. The van der Waals surface area contributed by atoms with Gasteiger partial charge in [0.25, 0.3) is 0 Å². The zero-order valence-corrected chi connectivity index (χ0v) is 15.7. The van der Waals surface area contributed by atoms with E-state index in [-0.39, 0.29) is 0 Å². The molecule has 16 heteroatoms. The van der Waals surface area contributed by atoms with Crippen LogP contribution in [0.15, 0.2) is 0 Å². The molecule has 0 saturated heterocycles. The Labute approximate surface area is 184 Å². The van der Waals surface area contributed by atoms with Gasteiger partial charge in [0.05, 0.1) is 7.85 Å². The summed E-state index contributed by atoms with van der Waals surface area (Å²) in [5.74, 6) is -46.8. The first kappa shape index (κ1) is 26.3. The van der Waals surface area contributed by atoms with Crippen molar-refractivity contribution in [2.24, 2.45) is 0 Å². The molecule has 0 aromatic heterocycles. The van der Waals surface area contributed by atoms with Crippen LogP contribution in [-0.4, -0.2) is 7.85 Å². The predicted molar refractivity (Wildman–Crippen MR) is 84.3 cm³/mol. The van der Waals surface area contributed by atoms with Crippen LogP contribution in [0.5, 0.6) is 0 Å². The second-order valence-corrected chi connectivity index (χ2v) is 6.64. The van der Waals surface area contributed by atoms with Gasteiger partial charge in [0.1, 0.15) is 0 Å². The Kier molecular flexibility index (Phi) is 6.32. The molecule has 0 nitrogen and oxygen atoms in total. The van der Waals surface area contributed by atoms with Crippen LogP contribution in [0.4, 0.5) is 65.9 Å². The average Bonchev–Trinajstić information content (AvgIpc) is 2.81. The van der Waals surface area contributed by atoms with Crippen LogP contribution in [0, 0.1) is 87.3 Å². The van der Waals surface area contributed by atoms with Gasteiger partial charge in [0.2, 0.25) is 17.5 Å². The maximum Gasteiger partial charge on any atom is 0.200 e. The summed E-state index contributed by atoms with van der Waals surface area (Å²) in [5.41, 5.74) is -8.75. The molecule has 0 aliphatic heterocycles. The summed E-state index contributed by atoms with van der Waals surface area (Å²) in [7, 11) is 5.22. The van der Waals surface area contributed by atoms with Crippen molar-refractivity contribution in [3.63, 3.8) is 0 Å². The summed E-state index contributed by atoms with van der Waals surface area (Å²) in [6.07, 6.45) is 0. The van der Waals surface area contributed by atoms with Gasteiger partial charge in [-0.3, -0.25) is 0 Å². The topological polar surface area (TPSA) is 0 Å². The molecule has 0 atom stereocenters. The summed E-state index contributed by atoms with van der Waals surface area (Å²) in [6, 6.07) is 0. The highest BCUT2D eigenvalue weighted by Crippen LogP contribution is 2.47. The summed E-state index contributed by atoms with van der Waals surface area (Å²) in [4.78, 5) is 0. The lowest BCUT2D eigenvalue weighted by atomic mass is 9.55. The Hall–Kier alpha value is -3.33. The van der Waals surface area contributed by atoms with Crippen LogP contribution in [0.2, 0.25) is 0 Å². The van der Waals surface area contributed by atoms with Crippen molar-refractivity contribution in [2.45, 2.75) is 5.31 Å². The molecule has 0 bridgehead atoms. The number of hydrogen-bond donors (Lipinski definition) is 0. The largest absolute Gasteiger partial charge is 0.203 e. The third kappa shape index (κ3) is 3.36. The van der Waals surface area contributed by atoms with Crippen LogP contribution >= 0.6 is 0 Å². The average molecular weight is 524 g/mol. The number of halogens is 15. The van der Waals surface area contributed by atoms with Crippen molar-refractivity contribution in [1.29, 1.82) is 0 Å². The molecule has 3 aromatic rings. The maximum absolute atomic E-state index is 14.5. The van der Waals surface area contributed by atoms with Crippen LogP contribution in [0.25, 0.3) is 0 Å². The summed E-state index contributed by atoms with van der Waals surface area (Å²) in [6.45, 7) is 0. The fraction of sp³-hybridized carbons (Fsp3) is 0.0526. The van der Waals surface area contributed by atoms with Gasteiger partial charge in [-0.2, -0.15) is 0 Å². The van der Waals surface area contributed by atoms with E-state index in [1.165, 1.54) is 0 Å². The van der Waals surface area contributed by atoms with Crippen molar-refractivity contribution in [1.82, 2.24) is 0 Å². The van der Waals surface area contributed by atoms with Crippen molar-refractivity contribution >= 4 is 7.85 Å². The second kappa shape index (κ2) is 8.41. The van der Waals surface area contributed by atoms with E-state index in [1.54, 1.807) is 0 Å². The van der Waals surface area contributed by atoms with Gasteiger partial charge in [-0.1, -0.05) is 0 Å². The normalized spacial score (nSPS) is 12.0. The molecule has 3 rings (SSSR count). The lowest BCUT2D eigenvalue weighted by Crippen LogP contribution is -2.39. The van der Waals surface area contributed by atoms with E-state index >= 15 is 0 Å². The van der Waals surface area contributed by atoms with Crippen LogP contribution in [0.1, 0.15) is 16.7 Å².